The van der Waals surface area contributed by atoms with Gasteiger partial charge in [0, 0.05) is 13.0 Å². The first-order valence-electron chi connectivity index (χ1n) is 8.75. The molecular formula is C19H30N2O2. The number of carbonyl (C=O) groups excluding carboxylic acids is 2. The number of amides is 2. The Hall–Kier alpha value is -1.84. The average molecular weight is 318 g/mol. The van der Waals surface area contributed by atoms with Crippen LogP contribution in [0.5, 0.6) is 0 Å². The van der Waals surface area contributed by atoms with Crippen molar-refractivity contribution in [3.8, 4) is 0 Å². The maximum absolute atomic E-state index is 11.6. The molecule has 0 radical (unpaired) electrons. The molecule has 0 atom stereocenters. The summed E-state index contributed by atoms with van der Waals surface area (Å²) in [5, 5.41) is 5.44. The molecule has 23 heavy (non-hydrogen) atoms. The first-order chi connectivity index (χ1) is 11.1. The molecule has 2 amide bonds. The van der Waals surface area contributed by atoms with Crippen molar-refractivity contribution in [3.63, 3.8) is 0 Å². The van der Waals surface area contributed by atoms with Gasteiger partial charge in [0.05, 0.1) is 6.54 Å². The second-order valence-electron chi connectivity index (χ2n) is 5.74. The molecule has 4 heteroatoms. The van der Waals surface area contributed by atoms with Crippen LogP contribution in [0.2, 0.25) is 0 Å². The normalized spacial score (nSPS) is 10.4. The van der Waals surface area contributed by atoms with E-state index in [1.54, 1.807) is 6.92 Å². The lowest BCUT2D eigenvalue weighted by molar-refractivity contribution is -0.125. The molecule has 0 unspecified atom stereocenters. The third-order valence-electron chi connectivity index (χ3n) is 3.96. The van der Waals surface area contributed by atoms with E-state index >= 15 is 0 Å². The van der Waals surface area contributed by atoms with Crippen molar-refractivity contribution in [2.75, 3.05) is 13.1 Å². The first kappa shape index (κ1) is 19.2. The van der Waals surface area contributed by atoms with Crippen molar-refractivity contribution in [2.24, 2.45) is 0 Å². The van der Waals surface area contributed by atoms with Crippen LogP contribution in [-0.4, -0.2) is 24.9 Å². The zero-order valence-electron chi connectivity index (χ0n) is 14.7. The van der Waals surface area contributed by atoms with Crippen LogP contribution in [0.4, 0.5) is 0 Å². The number of hydrogen-bond donors (Lipinski definition) is 2. The minimum absolute atomic E-state index is 0.0685. The molecule has 0 aromatic heterocycles. The summed E-state index contributed by atoms with van der Waals surface area (Å²) in [7, 11) is 0. The summed E-state index contributed by atoms with van der Waals surface area (Å²) in [4.78, 5) is 22.7. The van der Waals surface area contributed by atoms with E-state index in [2.05, 4.69) is 42.7 Å². The van der Waals surface area contributed by atoms with Gasteiger partial charge in [0.2, 0.25) is 11.8 Å². The second kappa shape index (κ2) is 10.8. The Morgan fingerprint density at radius 2 is 1.70 bits per heavy atom. The predicted octanol–water partition coefficient (Wildman–Crippen LogP) is 2.78. The topological polar surface area (TPSA) is 58.2 Å². The van der Waals surface area contributed by atoms with E-state index < -0.39 is 0 Å². The van der Waals surface area contributed by atoms with Crippen molar-refractivity contribution in [1.82, 2.24) is 10.6 Å². The SMILES string of the molecule is CCCc1c(CC)cccc1CCCNC(=O)CNC(=O)CC. The minimum Gasteiger partial charge on any atom is -0.355 e. The lowest BCUT2D eigenvalue weighted by Crippen LogP contribution is -2.37. The molecule has 0 fully saturated rings. The van der Waals surface area contributed by atoms with E-state index in [0.717, 1.165) is 32.1 Å². The number of carbonyl (C=O) groups is 2. The Morgan fingerprint density at radius 1 is 0.957 bits per heavy atom. The highest BCUT2D eigenvalue weighted by Gasteiger charge is 2.07. The fraction of sp³-hybridized carbons (Fsp3) is 0.579. The van der Waals surface area contributed by atoms with Crippen molar-refractivity contribution < 1.29 is 9.59 Å². The van der Waals surface area contributed by atoms with Crippen LogP contribution < -0.4 is 10.6 Å². The van der Waals surface area contributed by atoms with Gasteiger partial charge in [-0.3, -0.25) is 9.59 Å². The van der Waals surface area contributed by atoms with Gasteiger partial charge in [-0.25, -0.2) is 0 Å². The van der Waals surface area contributed by atoms with E-state index in [9.17, 15) is 9.59 Å². The summed E-state index contributed by atoms with van der Waals surface area (Å²) in [6.07, 6.45) is 5.63. The Morgan fingerprint density at radius 3 is 2.35 bits per heavy atom. The van der Waals surface area contributed by atoms with Crippen LogP contribution in [0.15, 0.2) is 18.2 Å². The summed E-state index contributed by atoms with van der Waals surface area (Å²) in [5.41, 5.74) is 4.33. The molecule has 128 valence electrons. The molecule has 1 aromatic rings. The minimum atomic E-state index is -0.122. The third kappa shape index (κ3) is 6.85. The van der Waals surface area contributed by atoms with Crippen LogP contribution in [0.3, 0.4) is 0 Å². The maximum atomic E-state index is 11.6. The number of nitrogens with one attached hydrogen (secondary N) is 2. The Balaban J connectivity index is 2.41. The quantitative estimate of drug-likeness (QED) is 0.652. The van der Waals surface area contributed by atoms with E-state index in [4.69, 9.17) is 0 Å². The van der Waals surface area contributed by atoms with E-state index in [1.165, 1.54) is 16.7 Å². The van der Waals surface area contributed by atoms with Crippen LogP contribution in [0.1, 0.15) is 56.7 Å². The Bertz CT molecular complexity index is 512. The molecule has 0 bridgehead atoms. The van der Waals surface area contributed by atoms with E-state index in [0.29, 0.717) is 13.0 Å². The summed E-state index contributed by atoms with van der Waals surface area (Å²) >= 11 is 0. The van der Waals surface area contributed by atoms with Gasteiger partial charge in [0.15, 0.2) is 0 Å². The summed E-state index contributed by atoms with van der Waals surface area (Å²) in [6, 6.07) is 6.55. The zero-order chi connectivity index (χ0) is 17.1. The van der Waals surface area contributed by atoms with E-state index in [1.807, 2.05) is 0 Å². The lowest BCUT2D eigenvalue weighted by atomic mass is 9.93. The Labute approximate surface area is 140 Å². The molecule has 4 nitrogen and oxygen atoms in total. The number of aryl methyl sites for hydroxylation is 2. The van der Waals surface area contributed by atoms with Crippen LogP contribution in [0.25, 0.3) is 0 Å². The fourth-order valence-electron chi connectivity index (χ4n) is 2.70. The summed E-state index contributed by atoms with van der Waals surface area (Å²) in [6.45, 7) is 6.89. The van der Waals surface area contributed by atoms with Gasteiger partial charge in [0.25, 0.3) is 0 Å². The molecule has 0 aliphatic rings. The Kier molecular flexibility index (Phi) is 9.03. The van der Waals surface area contributed by atoms with Gasteiger partial charge in [0.1, 0.15) is 0 Å². The molecule has 0 saturated heterocycles. The van der Waals surface area contributed by atoms with Crippen molar-refractivity contribution in [2.45, 2.75) is 59.3 Å². The van der Waals surface area contributed by atoms with Crippen LogP contribution in [-0.2, 0) is 28.9 Å². The fourth-order valence-corrected chi connectivity index (χ4v) is 2.70. The van der Waals surface area contributed by atoms with Gasteiger partial charge in [-0.1, -0.05) is 45.4 Å². The maximum Gasteiger partial charge on any atom is 0.239 e. The predicted molar refractivity (Wildman–Crippen MR) is 94.4 cm³/mol. The number of rotatable bonds is 10. The van der Waals surface area contributed by atoms with Crippen molar-refractivity contribution in [1.29, 1.82) is 0 Å². The molecule has 0 saturated carbocycles. The molecule has 0 heterocycles. The second-order valence-corrected chi connectivity index (χ2v) is 5.74. The van der Waals surface area contributed by atoms with Gasteiger partial charge in [-0.05, 0) is 42.4 Å². The lowest BCUT2D eigenvalue weighted by Gasteiger charge is -2.14. The smallest absolute Gasteiger partial charge is 0.239 e. The molecule has 1 aromatic carbocycles. The molecule has 2 N–H and O–H groups in total. The molecule has 0 aliphatic heterocycles. The standard InChI is InChI=1S/C19H30N2O2/c1-4-9-17-15(5-2)10-7-11-16(17)12-8-13-20-19(23)14-21-18(22)6-3/h7,10-11H,4-6,8-9,12-14H2,1-3H3,(H,20,23)(H,21,22). The highest BCUT2D eigenvalue weighted by atomic mass is 16.2. The zero-order valence-corrected chi connectivity index (χ0v) is 14.7. The van der Waals surface area contributed by atoms with Crippen LogP contribution >= 0.6 is 0 Å². The largest absolute Gasteiger partial charge is 0.355 e. The van der Waals surface area contributed by atoms with E-state index in [-0.39, 0.29) is 18.4 Å². The third-order valence-corrected chi connectivity index (χ3v) is 3.96. The van der Waals surface area contributed by atoms with Gasteiger partial charge < -0.3 is 10.6 Å². The van der Waals surface area contributed by atoms with Gasteiger partial charge in [-0.2, -0.15) is 0 Å². The van der Waals surface area contributed by atoms with Gasteiger partial charge >= 0.3 is 0 Å². The summed E-state index contributed by atoms with van der Waals surface area (Å²) < 4.78 is 0. The van der Waals surface area contributed by atoms with Crippen LogP contribution in [0, 0.1) is 0 Å². The first-order valence-corrected chi connectivity index (χ1v) is 8.75. The van der Waals surface area contributed by atoms with Gasteiger partial charge in [-0.15, -0.1) is 0 Å². The monoisotopic (exact) mass is 318 g/mol. The number of hydrogen-bond acceptors (Lipinski definition) is 2. The highest BCUT2D eigenvalue weighted by molar-refractivity contribution is 5.84. The van der Waals surface area contributed by atoms with Crippen molar-refractivity contribution in [3.05, 3.63) is 34.9 Å². The van der Waals surface area contributed by atoms with Crippen molar-refractivity contribution >= 4 is 11.8 Å². The number of benzene rings is 1. The molecule has 0 aliphatic carbocycles. The molecule has 1 rings (SSSR count). The average Bonchev–Trinajstić information content (AvgIpc) is 2.57. The highest BCUT2D eigenvalue weighted by Crippen LogP contribution is 2.19. The molecule has 0 spiro atoms. The summed E-state index contributed by atoms with van der Waals surface area (Å²) in [5.74, 6) is -0.219. The molecular weight excluding hydrogens is 288 g/mol.